The largest absolute Gasteiger partial charge is 0.444 e. The van der Waals surface area contributed by atoms with Gasteiger partial charge in [0, 0.05) is 12.6 Å². The summed E-state index contributed by atoms with van der Waals surface area (Å²) in [6.07, 6.45) is 3.21. The third kappa shape index (κ3) is 2.52. The number of oxazole rings is 1. The third-order valence-electron chi connectivity index (χ3n) is 2.40. The first-order valence-electron chi connectivity index (χ1n) is 5.35. The molecular formula is C11H15N5O. The average molecular weight is 233 g/mol. The van der Waals surface area contributed by atoms with Gasteiger partial charge in [0.05, 0.1) is 12.7 Å². The summed E-state index contributed by atoms with van der Waals surface area (Å²) in [4.78, 5) is 12.4. The number of hydrogen-bond acceptors (Lipinski definition) is 6. The number of rotatable bonds is 4. The van der Waals surface area contributed by atoms with Crippen molar-refractivity contribution in [3.63, 3.8) is 0 Å². The second-order valence-electron chi connectivity index (χ2n) is 3.66. The Balaban J connectivity index is 2.09. The molecule has 0 saturated carbocycles. The molecule has 0 unspecified atom stereocenters. The van der Waals surface area contributed by atoms with Crippen LogP contribution in [0.15, 0.2) is 16.9 Å². The van der Waals surface area contributed by atoms with Gasteiger partial charge >= 0.3 is 0 Å². The molecule has 0 aromatic carbocycles. The monoisotopic (exact) mass is 233 g/mol. The second-order valence-corrected chi connectivity index (χ2v) is 3.66. The van der Waals surface area contributed by atoms with Gasteiger partial charge in [-0.1, -0.05) is 0 Å². The van der Waals surface area contributed by atoms with Gasteiger partial charge in [-0.2, -0.15) is 0 Å². The highest BCUT2D eigenvalue weighted by Crippen LogP contribution is 2.18. The van der Waals surface area contributed by atoms with E-state index in [4.69, 9.17) is 4.42 Å². The van der Waals surface area contributed by atoms with Crippen molar-refractivity contribution in [3.05, 3.63) is 29.7 Å². The summed E-state index contributed by atoms with van der Waals surface area (Å²) in [7, 11) is 1.83. The zero-order valence-electron chi connectivity index (χ0n) is 10.1. The summed E-state index contributed by atoms with van der Waals surface area (Å²) in [5.41, 5.74) is 0.971. The van der Waals surface area contributed by atoms with Gasteiger partial charge in [0.2, 0.25) is 5.89 Å². The zero-order chi connectivity index (χ0) is 12.3. The summed E-state index contributed by atoms with van der Waals surface area (Å²) in [6.45, 7) is 4.33. The molecule has 0 aliphatic rings. The molecule has 0 radical (unpaired) electrons. The zero-order valence-corrected chi connectivity index (χ0v) is 10.1. The van der Waals surface area contributed by atoms with E-state index in [9.17, 15) is 0 Å². The first-order chi connectivity index (χ1) is 8.20. The fourth-order valence-electron chi connectivity index (χ4n) is 1.52. The third-order valence-corrected chi connectivity index (χ3v) is 2.40. The number of nitrogens with zero attached hydrogens (tertiary/aromatic N) is 3. The van der Waals surface area contributed by atoms with Crippen LogP contribution in [0, 0.1) is 13.8 Å². The van der Waals surface area contributed by atoms with Crippen LogP contribution < -0.4 is 10.6 Å². The van der Waals surface area contributed by atoms with Crippen molar-refractivity contribution in [2.75, 3.05) is 17.7 Å². The van der Waals surface area contributed by atoms with Gasteiger partial charge in [-0.05, 0) is 13.8 Å². The molecule has 2 aromatic heterocycles. The minimum Gasteiger partial charge on any atom is -0.444 e. The molecular weight excluding hydrogens is 218 g/mol. The van der Waals surface area contributed by atoms with Crippen LogP contribution in [0.25, 0.3) is 0 Å². The number of aryl methyl sites for hydroxylation is 1. The summed E-state index contributed by atoms with van der Waals surface area (Å²) in [5, 5.41) is 6.18. The fourth-order valence-corrected chi connectivity index (χ4v) is 1.52. The van der Waals surface area contributed by atoms with E-state index in [1.807, 2.05) is 20.9 Å². The van der Waals surface area contributed by atoms with Gasteiger partial charge in [0.1, 0.15) is 23.7 Å². The van der Waals surface area contributed by atoms with Gasteiger partial charge < -0.3 is 15.1 Å². The summed E-state index contributed by atoms with van der Waals surface area (Å²) >= 11 is 0. The normalized spacial score (nSPS) is 10.3. The molecule has 17 heavy (non-hydrogen) atoms. The van der Waals surface area contributed by atoms with E-state index in [1.54, 1.807) is 6.20 Å². The Labute approximate surface area is 99.5 Å². The quantitative estimate of drug-likeness (QED) is 0.837. The predicted octanol–water partition coefficient (Wildman–Crippen LogP) is 1.74. The van der Waals surface area contributed by atoms with E-state index in [0.717, 1.165) is 23.0 Å². The Kier molecular flexibility index (Phi) is 3.22. The van der Waals surface area contributed by atoms with Gasteiger partial charge in [-0.25, -0.2) is 15.0 Å². The SMILES string of the molecule is CNc1ncnc(NCc2ncc(C)o2)c1C. The number of hydrogen-bond donors (Lipinski definition) is 2. The van der Waals surface area contributed by atoms with Gasteiger partial charge in [-0.15, -0.1) is 0 Å². The summed E-state index contributed by atoms with van der Waals surface area (Å²) in [5.74, 6) is 3.04. The molecule has 6 heteroatoms. The van der Waals surface area contributed by atoms with Crippen LogP contribution in [0.1, 0.15) is 17.2 Å². The molecule has 0 saturated heterocycles. The topological polar surface area (TPSA) is 75.9 Å². The minimum atomic E-state index is 0.509. The highest BCUT2D eigenvalue weighted by atomic mass is 16.4. The summed E-state index contributed by atoms with van der Waals surface area (Å²) < 4.78 is 5.37. The van der Waals surface area contributed by atoms with Crippen molar-refractivity contribution < 1.29 is 4.42 Å². The molecule has 0 atom stereocenters. The van der Waals surface area contributed by atoms with E-state index in [2.05, 4.69) is 25.6 Å². The lowest BCUT2D eigenvalue weighted by Gasteiger charge is -2.09. The van der Waals surface area contributed by atoms with Crippen molar-refractivity contribution in [1.82, 2.24) is 15.0 Å². The molecule has 2 rings (SSSR count). The molecule has 6 nitrogen and oxygen atoms in total. The standard InChI is InChI=1S/C11H15N5O/c1-7-4-13-9(17-7)5-14-11-8(2)10(12-3)15-6-16-11/h4,6H,5H2,1-3H3,(H2,12,14,15,16). The molecule has 0 aliphatic heterocycles. The predicted molar refractivity (Wildman–Crippen MR) is 64.9 cm³/mol. The van der Waals surface area contributed by atoms with Crippen LogP contribution in [-0.4, -0.2) is 22.0 Å². The van der Waals surface area contributed by atoms with Crippen molar-refractivity contribution in [2.24, 2.45) is 0 Å². The minimum absolute atomic E-state index is 0.509. The van der Waals surface area contributed by atoms with Crippen molar-refractivity contribution in [2.45, 2.75) is 20.4 Å². The van der Waals surface area contributed by atoms with E-state index in [-0.39, 0.29) is 0 Å². The number of nitrogens with one attached hydrogen (secondary N) is 2. The first kappa shape index (κ1) is 11.4. The first-order valence-corrected chi connectivity index (χ1v) is 5.35. The van der Waals surface area contributed by atoms with Crippen molar-refractivity contribution in [3.8, 4) is 0 Å². The van der Waals surface area contributed by atoms with Crippen LogP contribution in [0.2, 0.25) is 0 Å². The van der Waals surface area contributed by atoms with E-state index in [0.29, 0.717) is 12.4 Å². The van der Waals surface area contributed by atoms with E-state index >= 15 is 0 Å². The molecule has 0 spiro atoms. The average Bonchev–Trinajstić information content (AvgIpc) is 2.74. The Morgan fingerprint density at radius 3 is 2.59 bits per heavy atom. The molecule has 90 valence electrons. The van der Waals surface area contributed by atoms with Crippen LogP contribution in [0.3, 0.4) is 0 Å². The van der Waals surface area contributed by atoms with Crippen LogP contribution in [0.4, 0.5) is 11.6 Å². The van der Waals surface area contributed by atoms with Gasteiger partial charge in [-0.3, -0.25) is 0 Å². The second kappa shape index (κ2) is 4.82. The maximum atomic E-state index is 5.37. The lowest BCUT2D eigenvalue weighted by atomic mass is 10.3. The van der Waals surface area contributed by atoms with Crippen LogP contribution in [0.5, 0.6) is 0 Å². The van der Waals surface area contributed by atoms with Crippen molar-refractivity contribution in [1.29, 1.82) is 0 Å². The molecule has 0 bridgehead atoms. The lowest BCUT2D eigenvalue weighted by Crippen LogP contribution is -2.06. The highest BCUT2D eigenvalue weighted by Gasteiger charge is 2.06. The molecule has 0 aliphatic carbocycles. The lowest BCUT2D eigenvalue weighted by molar-refractivity contribution is 0.478. The molecule has 0 fully saturated rings. The maximum Gasteiger partial charge on any atom is 0.213 e. The maximum absolute atomic E-state index is 5.37. The van der Waals surface area contributed by atoms with Crippen molar-refractivity contribution >= 4 is 11.6 Å². The van der Waals surface area contributed by atoms with Crippen LogP contribution >= 0.6 is 0 Å². The Morgan fingerprint density at radius 1 is 1.18 bits per heavy atom. The number of anilines is 2. The Morgan fingerprint density at radius 2 is 1.94 bits per heavy atom. The van der Waals surface area contributed by atoms with Gasteiger partial charge in [0.15, 0.2) is 0 Å². The molecule has 2 heterocycles. The molecule has 2 N–H and O–H groups in total. The fraction of sp³-hybridized carbons (Fsp3) is 0.364. The van der Waals surface area contributed by atoms with E-state index < -0.39 is 0 Å². The Bertz CT molecular complexity index is 508. The summed E-state index contributed by atoms with van der Waals surface area (Å²) in [6, 6.07) is 0. The number of aromatic nitrogens is 3. The van der Waals surface area contributed by atoms with Gasteiger partial charge in [0.25, 0.3) is 0 Å². The molecule has 2 aromatic rings. The van der Waals surface area contributed by atoms with Crippen LogP contribution in [-0.2, 0) is 6.54 Å². The Hall–Kier alpha value is -2.11. The smallest absolute Gasteiger partial charge is 0.213 e. The van der Waals surface area contributed by atoms with E-state index in [1.165, 1.54) is 6.33 Å². The molecule has 0 amide bonds. The highest BCUT2D eigenvalue weighted by molar-refractivity contribution is 5.55.